The summed E-state index contributed by atoms with van der Waals surface area (Å²) in [6, 6.07) is 3.56. The number of aromatic nitrogens is 2. The Bertz CT molecular complexity index is 463. The lowest BCUT2D eigenvalue weighted by Gasteiger charge is -2.27. The van der Waals surface area contributed by atoms with E-state index in [1.807, 2.05) is 6.07 Å². The molecule has 0 saturated carbocycles. The smallest absolute Gasteiger partial charge is 0.242 e. The molecule has 1 fully saturated rings. The second-order valence-electron chi connectivity index (χ2n) is 3.89. The van der Waals surface area contributed by atoms with Crippen molar-refractivity contribution in [3.05, 3.63) is 17.8 Å². The molecule has 0 unspecified atom stereocenters. The maximum absolute atomic E-state index is 11.9. The highest BCUT2D eigenvalue weighted by Gasteiger charge is 2.16. The number of anilines is 1. The number of amides is 1. The molecule has 0 atom stereocenters. The van der Waals surface area contributed by atoms with E-state index in [-0.39, 0.29) is 12.5 Å². The minimum atomic E-state index is 0.00560. The minimum Gasteiger partial charge on any atom is -0.358 e. The van der Waals surface area contributed by atoms with Gasteiger partial charge in [0.2, 0.25) is 5.91 Å². The molecule has 2 N–H and O–H groups in total. The van der Waals surface area contributed by atoms with Crippen LogP contribution in [0.2, 0.25) is 0 Å². The molecule has 2 rings (SSSR count). The molecule has 1 saturated heterocycles. The van der Waals surface area contributed by atoms with E-state index in [0.29, 0.717) is 24.5 Å². The third-order valence-electron chi connectivity index (χ3n) is 2.72. The predicted molar refractivity (Wildman–Crippen MR) is 64.7 cm³/mol. The summed E-state index contributed by atoms with van der Waals surface area (Å²) in [5, 5.41) is 22.4. The molecule has 0 spiro atoms. The van der Waals surface area contributed by atoms with Crippen molar-refractivity contribution >= 4 is 11.7 Å². The summed E-state index contributed by atoms with van der Waals surface area (Å²) in [4.78, 5) is 13.7. The van der Waals surface area contributed by atoms with Crippen molar-refractivity contribution in [1.29, 1.82) is 5.26 Å². The molecule has 1 aromatic rings. The van der Waals surface area contributed by atoms with Gasteiger partial charge in [-0.2, -0.15) is 10.4 Å². The van der Waals surface area contributed by atoms with Gasteiger partial charge in [-0.15, -0.1) is 5.10 Å². The number of nitriles is 1. The zero-order valence-electron chi connectivity index (χ0n) is 9.89. The lowest BCUT2D eigenvalue weighted by Crippen LogP contribution is -2.48. The lowest BCUT2D eigenvalue weighted by atomic mass is 10.3. The van der Waals surface area contributed by atoms with E-state index in [2.05, 4.69) is 20.8 Å². The summed E-state index contributed by atoms with van der Waals surface area (Å²) in [7, 11) is 0. The van der Waals surface area contributed by atoms with E-state index in [1.54, 1.807) is 11.0 Å². The largest absolute Gasteiger partial charge is 0.358 e. The van der Waals surface area contributed by atoms with Gasteiger partial charge in [-0.3, -0.25) is 4.79 Å². The van der Waals surface area contributed by atoms with E-state index < -0.39 is 0 Å². The lowest BCUT2D eigenvalue weighted by molar-refractivity contribution is -0.129. The first-order valence-corrected chi connectivity index (χ1v) is 5.75. The quantitative estimate of drug-likeness (QED) is 0.724. The predicted octanol–water partition coefficient (Wildman–Crippen LogP) is -0.808. The molecule has 18 heavy (non-hydrogen) atoms. The molecule has 1 amide bonds. The van der Waals surface area contributed by atoms with E-state index in [1.165, 1.54) is 6.20 Å². The highest BCUT2D eigenvalue weighted by Crippen LogP contribution is 2.07. The third kappa shape index (κ3) is 2.93. The van der Waals surface area contributed by atoms with Crippen molar-refractivity contribution in [2.75, 3.05) is 38.0 Å². The van der Waals surface area contributed by atoms with Crippen molar-refractivity contribution < 1.29 is 4.79 Å². The molecule has 1 aromatic heterocycles. The first-order chi connectivity index (χ1) is 8.81. The van der Waals surface area contributed by atoms with Gasteiger partial charge < -0.3 is 15.5 Å². The molecule has 0 radical (unpaired) electrons. The van der Waals surface area contributed by atoms with Crippen LogP contribution in [0.4, 0.5) is 5.82 Å². The van der Waals surface area contributed by atoms with Gasteiger partial charge in [-0.25, -0.2) is 0 Å². The molecule has 7 heteroatoms. The highest BCUT2D eigenvalue weighted by molar-refractivity contribution is 5.81. The summed E-state index contributed by atoms with van der Waals surface area (Å²) >= 11 is 0. The number of nitrogens with one attached hydrogen (secondary N) is 2. The second kappa shape index (κ2) is 5.93. The number of carbonyl (C=O) groups excluding carboxylic acids is 1. The van der Waals surface area contributed by atoms with Gasteiger partial charge in [0, 0.05) is 26.2 Å². The van der Waals surface area contributed by atoms with Crippen LogP contribution in [0.5, 0.6) is 0 Å². The van der Waals surface area contributed by atoms with Crippen LogP contribution in [0.3, 0.4) is 0 Å². The van der Waals surface area contributed by atoms with Crippen LogP contribution in [-0.2, 0) is 4.79 Å². The fourth-order valence-electron chi connectivity index (χ4n) is 1.74. The minimum absolute atomic E-state index is 0.00560. The molecule has 0 aliphatic carbocycles. The summed E-state index contributed by atoms with van der Waals surface area (Å²) in [6.45, 7) is 3.20. The Morgan fingerprint density at radius 3 is 3.06 bits per heavy atom. The standard InChI is InChI=1S/C11H14N6O/c12-7-9-1-2-15-16-11(9)14-8-10(18)17-5-3-13-4-6-17/h1-2,13H,3-6,8H2,(H,14,16). The van der Waals surface area contributed by atoms with E-state index in [4.69, 9.17) is 5.26 Å². The second-order valence-corrected chi connectivity index (χ2v) is 3.89. The van der Waals surface area contributed by atoms with Crippen LogP contribution < -0.4 is 10.6 Å². The van der Waals surface area contributed by atoms with E-state index in [9.17, 15) is 4.79 Å². The van der Waals surface area contributed by atoms with Crippen molar-refractivity contribution in [3.8, 4) is 6.07 Å². The molecule has 1 aliphatic heterocycles. The van der Waals surface area contributed by atoms with Crippen LogP contribution in [0.1, 0.15) is 5.56 Å². The first-order valence-electron chi connectivity index (χ1n) is 5.75. The topological polar surface area (TPSA) is 93.9 Å². The Hall–Kier alpha value is -2.20. The van der Waals surface area contributed by atoms with Crippen molar-refractivity contribution in [2.45, 2.75) is 0 Å². The number of rotatable bonds is 3. The Labute approximate surface area is 105 Å². The van der Waals surface area contributed by atoms with Crippen molar-refractivity contribution in [1.82, 2.24) is 20.4 Å². The molecule has 7 nitrogen and oxygen atoms in total. The van der Waals surface area contributed by atoms with Gasteiger partial charge in [-0.1, -0.05) is 0 Å². The number of piperazine rings is 1. The van der Waals surface area contributed by atoms with Crippen LogP contribution in [0, 0.1) is 11.3 Å². The zero-order valence-corrected chi connectivity index (χ0v) is 9.89. The first kappa shape index (κ1) is 12.3. The number of hydrogen-bond acceptors (Lipinski definition) is 6. The SMILES string of the molecule is N#Cc1ccnnc1NCC(=O)N1CCNCC1. The van der Waals surface area contributed by atoms with E-state index >= 15 is 0 Å². The van der Waals surface area contributed by atoms with Gasteiger partial charge in [-0.05, 0) is 6.07 Å². The fraction of sp³-hybridized carbons (Fsp3) is 0.455. The average molecular weight is 246 g/mol. The van der Waals surface area contributed by atoms with Gasteiger partial charge in [0.1, 0.15) is 6.07 Å². The van der Waals surface area contributed by atoms with Crippen LogP contribution in [0.15, 0.2) is 12.3 Å². The van der Waals surface area contributed by atoms with Crippen LogP contribution in [0.25, 0.3) is 0 Å². The van der Waals surface area contributed by atoms with Gasteiger partial charge >= 0.3 is 0 Å². The zero-order chi connectivity index (χ0) is 12.8. The van der Waals surface area contributed by atoms with Gasteiger partial charge in [0.15, 0.2) is 5.82 Å². The monoisotopic (exact) mass is 246 g/mol. The van der Waals surface area contributed by atoms with Gasteiger partial charge in [0.05, 0.1) is 18.3 Å². The Morgan fingerprint density at radius 1 is 1.56 bits per heavy atom. The van der Waals surface area contributed by atoms with Crippen molar-refractivity contribution in [3.63, 3.8) is 0 Å². The molecule has 1 aliphatic rings. The Balaban J connectivity index is 1.91. The fourth-order valence-corrected chi connectivity index (χ4v) is 1.74. The summed E-state index contributed by atoms with van der Waals surface area (Å²) < 4.78 is 0. The molecular weight excluding hydrogens is 232 g/mol. The van der Waals surface area contributed by atoms with E-state index in [0.717, 1.165) is 13.1 Å². The number of carbonyl (C=O) groups is 1. The summed E-state index contributed by atoms with van der Waals surface area (Å²) in [6.07, 6.45) is 1.45. The Morgan fingerprint density at radius 2 is 2.33 bits per heavy atom. The molecular formula is C11H14N6O. The summed E-state index contributed by atoms with van der Waals surface area (Å²) in [5.74, 6) is 0.356. The molecule has 0 aromatic carbocycles. The number of hydrogen-bond donors (Lipinski definition) is 2. The molecule has 0 bridgehead atoms. The maximum Gasteiger partial charge on any atom is 0.242 e. The highest BCUT2D eigenvalue weighted by atomic mass is 16.2. The van der Waals surface area contributed by atoms with Crippen LogP contribution in [-0.4, -0.2) is 53.7 Å². The third-order valence-corrected chi connectivity index (χ3v) is 2.72. The molecule has 2 heterocycles. The van der Waals surface area contributed by atoms with Crippen LogP contribution >= 0.6 is 0 Å². The van der Waals surface area contributed by atoms with Crippen molar-refractivity contribution in [2.24, 2.45) is 0 Å². The number of nitrogens with zero attached hydrogens (tertiary/aromatic N) is 4. The summed E-state index contributed by atoms with van der Waals surface area (Å²) in [5.41, 5.74) is 0.387. The van der Waals surface area contributed by atoms with Gasteiger partial charge in [0.25, 0.3) is 0 Å². The maximum atomic E-state index is 11.9. The normalized spacial score (nSPS) is 14.9. The average Bonchev–Trinajstić information content (AvgIpc) is 2.46. The molecule has 94 valence electrons. The Kier molecular flexibility index (Phi) is 4.04.